The van der Waals surface area contributed by atoms with Crippen LogP contribution in [0.3, 0.4) is 0 Å². The summed E-state index contributed by atoms with van der Waals surface area (Å²) in [6.07, 6.45) is 2.00. The van der Waals surface area contributed by atoms with Gasteiger partial charge in [0.15, 0.2) is 0 Å². The molecule has 3 heterocycles. The van der Waals surface area contributed by atoms with Gasteiger partial charge in [-0.05, 0) is 37.3 Å². The molecule has 1 aromatic carbocycles. The van der Waals surface area contributed by atoms with Crippen LogP contribution in [0.5, 0.6) is 0 Å². The quantitative estimate of drug-likeness (QED) is 0.602. The van der Waals surface area contributed by atoms with E-state index in [2.05, 4.69) is 29.2 Å². The number of piperidine rings is 1. The second-order valence-corrected chi connectivity index (χ2v) is 8.76. The average molecular weight is 421 g/mol. The smallest absolute Gasteiger partial charge is 0.290 e. The number of hydrogen-bond acceptors (Lipinski definition) is 6. The minimum Gasteiger partial charge on any atom is -0.483 e. The highest BCUT2D eigenvalue weighted by Crippen LogP contribution is 2.39. The number of rotatable bonds is 2. The molecule has 8 nitrogen and oxygen atoms in total. The molecule has 30 heavy (non-hydrogen) atoms. The van der Waals surface area contributed by atoms with Crippen molar-refractivity contribution in [1.82, 2.24) is 9.80 Å². The lowest BCUT2D eigenvalue weighted by atomic mass is 9.76. The number of benzene rings is 1. The van der Waals surface area contributed by atoms with Crippen molar-refractivity contribution in [2.75, 3.05) is 32.8 Å². The molecule has 1 spiro atoms. The number of carboxylic acid groups (broad SMARTS) is 1. The van der Waals surface area contributed by atoms with E-state index in [1.807, 2.05) is 4.90 Å². The first-order chi connectivity index (χ1) is 14.3. The van der Waals surface area contributed by atoms with Gasteiger partial charge in [0.25, 0.3) is 6.47 Å². The molecule has 0 aromatic heterocycles. The number of hydrogen-bond donors (Lipinski definition) is 3. The molecule has 2 fully saturated rings. The highest BCUT2D eigenvalue weighted by molar-refractivity contribution is 5.78. The van der Waals surface area contributed by atoms with E-state index in [4.69, 9.17) is 14.6 Å². The zero-order valence-electron chi connectivity index (χ0n) is 17.5. The molecule has 0 saturated carbocycles. The number of likely N-dealkylation sites (tertiary alicyclic amines) is 1. The number of fused-ring (bicyclic) bond motifs is 1. The van der Waals surface area contributed by atoms with E-state index in [9.17, 15) is 15.0 Å². The molecule has 0 bridgehead atoms. The van der Waals surface area contributed by atoms with Crippen molar-refractivity contribution in [3.63, 3.8) is 0 Å². The average Bonchev–Trinajstić information content (AvgIpc) is 2.72. The van der Waals surface area contributed by atoms with Crippen molar-refractivity contribution >= 4 is 12.4 Å². The van der Waals surface area contributed by atoms with Gasteiger partial charge in [-0.1, -0.05) is 24.3 Å². The van der Waals surface area contributed by atoms with E-state index in [1.165, 1.54) is 11.1 Å². The fourth-order valence-corrected chi connectivity index (χ4v) is 4.72. The molecule has 1 amide bonds. The fraction of sp³-hybridized carbons (Fsp3) is 0.636. The first-order valence-corrected chi connectivity index (χ1v) is 10.5. The lowest BCUT2D eigenvalue weighted by Crippen LogP contribution is -2.60. The molecule has 3 N–H and O–H groups in total. The van der Waals surface area contributed by atoms with Crippen LogP contribution in [-0.2, 0) is 27.3 Å². The van der Waals surface area contributed by atoms with Crippen molar-refractivity contribution in [2.24, 2.45) is 0 Å². The number of amides is 1. The van der Waals surface area contributed by atoms with Crippen molar-refractivity contribution in [3.05, 3.63) is 35.4 Å². The van der Waals surface area contributed by atoms with Gasteiger partial charge in [0, 0.05) is 32.6 Å². The molecule has 3 aliphatic heterocycles. The third-order valence-electron chi connectivity index (χ3n) is 6.54. The SMILES string of the molecule is C[C@]1(O)CC2(CCN(C(=O)CN3CCc4ccccc4C3)CC2)OC[C@@H]1O.O=CO. The number of ether oxygens (including phenoxy) is 1. The Morgan fingerprint density at radius 3 is 2.50 bits per heavy atom. The van der Waals surface area contributed by atoms with Crippen molar-refractivity contribution in [3.8, 4) is 0 Å². The zero-order valence-corrected chi connectivity index (χ0v) is 17.5. The van der Waals surface area contributed by atoms with Crippen LogP contribution in [0.25, 0.3) is 0 Å². The topological polar surface area (TPSA) is 111 Å². The molecule has 0 unspecified atom stereocenters. The molecule has 4 rings (SSSR count). The summed E-state index contributed by atoms with van der Waals surface area (Å²) in [6.45, 7) is 5.10. The summed E-state index contributed by atoms with van der Waals surface area (Å²) in [5, 5.41) is 27.2. The summed E-state index contributed by atoms with van der Waals surface area (Å²) < 4.78 is 5.91. The van der Waals surface area contributed by atoms with Crippen LogP contribution in [-0.4, -0.2) is 87.6 Å². The Kier molecular flexibility index (Phi) is 7.13. The van der Waals surface area contributed by atoms with Crippen molar-refractivity contribution in [1.29, 1.82) is 0 Å². The van der Waals surface area contributed by atoms with E-state index in [1.54, 1.807) is 6.92 Å². The van der Waals surface area contributed by atoms with Gasteiger partial charge in [-0.3, -0.25) is 14.5 Å². The summed E-state index contributed by atoms with van der Waals surface area (Å²) in [4.78, 5) is 25.3. The number of carbonyl (C=O) groups excluding carboxylic acids is 1. The van der Waals surface area contributed by atoms with Crippen LogP contribution < -0.4 is 0 Å². The summed E-state index contributed by atoms with van der Waals surface area (Å²) >= 11 is 0. The predicted octanol–water partition coefficient (Wildman–Crippen LogP) is 0.639. The van der Waals surface area contributed by atoms with Gasteiger partial charge < -0.3 is 25.0 Å². The number of aliphatic hydroxyl groups is 2. The zero-order chi connectivity index (χ0) is 21.8. The number of carbonyl (C=O) groups is 2. The second kappa shape index (κ2) is 9.43. The van der Waals surface area contributed by atoms with Crippen molar-refractivity contribution < 1.29 is 29.6 Å². The highest BCUT2D eigenvalue weighted by Gasteiger charge is 2.49. The van der Waals surface area contributed by atoms with E-state index < -0.39 is 17.3 Å². The highest BCUT2D eigenvalue weighted by atomic mass is 16.5. The van der Waals surface area contributed by atoms with Gasteiger partial charge in [0.1, 0.15) is 6.10 Å². The Balaban J connectivity index is 0.000000806. The van der Waals surface area contributed by atoms with Gasteiger partial charge in [-0.25, -0.2) is 0 Å². The molecule has 0 aliphatic carbocycles. The van der Waals surface area contributed by atoms with E-state index >= 15 is 0 Å². The lowest BCUT2D eigenvalue weighted by molar-refractivity contribution is -0.222. The third-order valence-corrected chi connectivity index (χ3v) is 6.54. The first-order valence-electron chi connectivity index (χ1n) is 10.5. The molecule has 8 heteroatoms. The van der Waals surface area contributed by atoms with Crippen LogP contribution in [0.15, 0.2) is 24.3 Å². The Morgan fingerprint density at radius 2 is 1.87 bits per heavy atom. The fourth-order valence-electron chi connectivity index (χ4n) is 4.72. The molecular weight excluding hydrogens is 388 g/mol. The van der Waals surface area contributed by atoms with Gasteiger partial charge in [-0.2, -0.15) is 0 Å². The van der Waals surface area contributed by atoms with E-state index in [0.717, 1.165) is 19.5 Å². The van der Waals surface area contributed by atoms with Crippen molar-refractivity contribution in [2.45, 2.75) is 56.5 Å². The molecular formula is C22H32N2O6. The Hall–Kier alpha value is -2.00. The minimum atomic E-state index is -1.12. The molecule has 3 aliphatic rings. The monoisotopic (exact) mass is 420 g/mol. The second-order valence-electron chi connectivity index (χ2n) is 8.76. The van der Waals surface area contributed by atoms with Gasteiger partial charge in [0.05, 0.1) is 24.4 Å². The molecule has 166 valence electrons. The normalized spacial score (nSPS) is 28.2. The third kappa shape index (κ3) is 5.18. The van der Waals surface area contributed by atoms with Crippen LogP contribution in [0, 0.1) is 0 Å². The lowest BCUT2D eigenvalue weighted by Gasteiger charge is -2.50. The number of aliphatic hydroxyl groups excluding tert-OH is 1. The van der Waals surface area contributed by atoms with Crippen LogP contribution in [0.2, 0.25) is 0 Å². The van der Waals surface area contributed by atoms with E-state index in [0.29, 0.717) is 38.9 Å². The summed E-state index contributed by atoms with van der Waals surface area (Å²) in [6, 6.07) is 8.46. The Labute approximate surface area is 177 Å². The molecule has 1 aromatic rings. The largest absolute Gasteiger partial charge is 0.483 e. The van der Waals surface area contributed by atoms with Crippen LogP contribution >= 0.6 is 0 Å². The van der Waals surface area contributed by atoms with Gasteiger partial charge in [-0.15, -0.1) is 0 Å². The molecule has 2 atom stereocenters. The van der Waals surface area contributed by atoms with Crippen LogP contribution in [0.1, 0.15) is 37.3 Å². The van der Waals surface area contributed by atoms with E-state index in [-0.39, 0.29) is 19.0 Å². The summed E-state index contributed by atoms with van der Waals surface area (Å²) in [5.74, 6) is 0.173. The first kappa shape index (κ1) is 22.7. The Morgan fingerprint density at radius 1 is 1.23 bits per heavy atom. The summed E-state index contributed by atoms with van der Waals surface area (Å²) in [7, 11) is 0. The Bertz CT molecular complexity index is 745. The molecule has 2 saturated heterocycles. The maximum atomic E-state index is 12.8. The van der Waals surface area contributed by atoms with Gasteiger partial charge in [0.2, 0.25) is 5.91 Å². The number of nitrogens with zero attached hydrogens (tertiary/aromatic N) is 2. The molecule has 0 radical (unpaired) electrons. The predicted molar refractivity (Wildman–Crippen MR) is 110 cm³/mol. The minimum absolute atomic E-state index is 0.161. The maximum absolute atomic E-state index is 12.8. The van der Waals surface area contributed by atoms with Gasteiger partial charge >= 0.3 is 0 Å². The maximum Gasteiger partial charge on any atom is 0.290 e. The standard InChI is InChI=1S/C21H30N2O4.CH2O2/c1-20(26)15-21(27-14-18(20)24)7-10-23(11-8-21)19(25)13-22-9-6-16-4-2-3-5-17(16)12-22;2-1-3/h2-5,18,24,26H,6-15H2,1H3;1H,(H,2,3)/t18-,20-;/m0./s1. The summed E-state index contributed by atoms with van der Waals surface area (Å²) in [5.41, 5.74) is 1.19. The van der Waals surface area contributed by atoms with Crippen LogP contribution in [0.4, 0.5) is 0 Å².